The van der Waals surface area contributed by atoms with Crippen LogP contribution in [0.15, 0.2) is 71.8 Å². The summed E-state index contributed by atoms with van der Waals surface area (Å²) in [4.78, 5) is 0. The van der Waals surface area contributed by atoms with Gasteiger partial charge >= 0.3 is 0 Å². The summed E-state index contributed by atoms with van der Waals surface area (Å²) in [6.45, 7) is 0. The van der Waals surface area contributed by atoms with E-state index in [1.165, 1.54) is 0 Å². The first-order chi connectivity index (χ1) is 14.7. The van der Waals surface area contributed by atoms with Gasteiger partial charge in [0.2, 0.25) is 6.23 Å². The van der Waals surface area contributed by atoms with Gasteiger partial charge in [-0.25, -0.2) is 5.01 Å². The summed E-state index contributed by atoms with van der Waals surface area (Å²) in [7, 11) is 3.33. The average molecular weight is 421 g/mol. The lowest BCUT2D eigenvalue weighted by molar-refractivity contribution is -0.0203. The van der Waals surface area contributed by atoms with Crippen molar-refractivity contribution in [2.75, 3.05) is 14.2 Å². The van der Waals surface area contributed by atoms with E-state index in [4.69, 9.17) is 30.9 Å². The summed E-state index contributed by atoms with van der Waals surface area (Å²) in [5.41, 5.74) is 4.04. The first kappa shape index (κ1) is 18.8. The highest BCUT2D eigenvalue weighted by atomic mass is 35.5. The molecule has 3 aromatic rings. The third-order valence-corrected chi connectivity index (χ3v) is 5.82. The Morgan fingerprint density at radius 3 is 2.53 bits per heavy atom. The summed E-state index contributed by atoms with van der Waals surface area (Å²) in [5, 5.41) is 7.69. The minimum atomic E-state index is -0.393. The van der Waals surface area contributed by atoms with Crippen LogP contribution < -0.4 is 14.2 Å². The van der Waals surface area contributed by atoms with Crippen molar-refractivity contribution in [1.82, 2.24) is 5.01 Å². The lowest BCUT2D eigenvalue weighted by Crippen LogP contribution is -2.33. The summed E-state index contributed by atoms with van der Waals surface area (Å²) in [5.74, 6) is 2.41. The first-order valence-corrected chi connectivity index (χ1v) is 10.1. The van der Waals surface area contributed by atoms with Gasteiger partial charge in [0.15, 0.2) is 0 Å². The van der Waals surface area contributed by atoms with Gasteiger partial charge in [-0.05, 0) is 60.2 Å². The Morgan fingerprint density at radius 1 is 0.967 bits per heavy atom. The van der Waals surface area contributed by atoms with E-state index in [0.29, 0.717) is 5.02 Å². The van der Waals surface area contributed by atoms with Crippen LogP contribution in [0.1, 0.15) is 35.4 Å². The van der Waals surface area contributed by atoms with Crippen LogP contribution in [0.25, 0.3) is 0 Å². The van der Waals surface area contributed by atoms with Crippen molar-refractivity contribution in [2.45, 2.75) is 18.7 Å². The molecule has 0 aliphatic carbocycles. The van der Waals surface area contributed by atoms with E-state index >= 15 is 0 Å². The highest BCUT2D eigenvalue weighted by Gasteiger charge is 2.42. The van der Waals surface area contributed by atoms with Gasteiger partial charge in [0, 0.05) is 17.0 Å². The van der Waals surface area contributed by atoms with Crippen molar-refractivity contribution >= 4 is 17.3 Å². The molecular formula is C24H21ClN2O3. The quantitative estimate of drug-likeness (QED) is 0.551. The lowest BCUT2D eigenvalue weighted by Gasteiger charge is -2.38. The molecule has 152 valence electrons. The van der Waals surface area contributed by atoms with Gasteiger partial charge in [0.05, 0.1) is 31.5 Å². The highest BCUT2D eigenvalue weighted by molar-refractivity contribution is 6.30. The van der Waals surface area contributed by atoms with Crippen LogP contribution >= 0.6 is 11.6 Å². The Kier molecular flexibility index (Phi) is 4.75. The Morgan fingerprint density at radius 2 is 1.77 bits per heavy atom. The first-order valence-electron chi connectivity index (χ1n) is 9.77. The molecule has 30 heavy (non-hydrogen) atoms. The summed E-state index contributed by atoms with van der Waals surface area (Å²) < 4.78 is 17.3. The predicted molar refractivity (Wildman–Crippen MR) is 117 cm³/mol. The van der Waals surface area contributed by atoms with Gasteiger partial charge in [-0.2, -0.15) is 5.10 Å². The molecule has 2 heterocycles. The van der Waals surface area contributed by atoms with Crippen molar-refractivity contribution in [3.63, 3.8) is 0 Å². The van der Waals surface area contributed by atoms with Crippen molar-refractivity contribution in [2.24, 2.45) is 5.10 Å². The van der Waals surface area contributed by atoms with E-state index in [-0.39, 0.29) is 6.04 Å². The molecule has 6 heteroatoms. The maximum Gasteiger partial charge on any atom is 0.217 e. The number of hydrogen-bond acceptors (Lipinski definition) is 5. The van der Waals surface area contributed by atoms with Crippen LogP contribution in [-0.2, 0) is 0 Å². The van der Waals surface area contributed by atoms with Gasteiger partial charge in [-0.3, -0.25) is 0 Å². The average Bonchev–Trinajstić information content (AvgIpc) is 3.24. The van der Waals surface area contributed by atoms with Gasteiger partial charge in [-0.1, -0.05) is 23.7 Å². The molecule has 0 radical (unpaired) electrons. The molecule has 5 rings (SSSR count). The number of methoxy groups -OCH3 is 2. The zero-order valence-corrected chi connectivity index (χ0v) is 17.5. The number of nitrogens with zero attached hydrogens (tertiary/aromatic N) is 2. The maximum atomic E-state index is 6.41. The summed E-state index contributed by atoms with van der Waals surface area (Å²) >= 11 is 6.31. The molecule has 0 amide bonds. The largest absolute Gasteiger partial charge is 0.497 e. The van der Waals surface area contributed by atoms with Crippen LogP contribution in [0.4, 0.5) is 0 Å². The smallest absolute Gasteiger partial charge is 0.217 e. The molecule has 0 saturated carbocycles. The van der Waals surface area contributed by atoms with Crippen molar-refractivity contribution < 1.29 is 14.2 Å². The molecule has 2 atom stereocenters. The SMILES string of the molecule is COc1ccc(C2=NN3[C@H](C2)c2cc(Cl)ccc2O[C@@H]3c2ccccc2OC)cc1. The normalized spacial score (nSPS) is 19.4. The third-order valence-electron chi connectivity index (χ3n) is 5.58. The lowest BCUT2D eigenvalue weighted by atomic mass is 9.95. The number of ether oxygens (including phenoxy) is 3. The van der Waals surface area contributed by atoms with Gasteiger partial charge in [0.25, 0.3) is 0 Å². The van der Waals surface area contributed by atoms with E-state index in [1.54, 1.807) is 14.2 Å². The van der Waals surface area contributed by atoms with Crippen LogP contribution in [0, 0.1) is 0 Å². The van der Waals surface area contributed by atoms with E-state index in [1.807, 2.05) is 71.7 Å². The van der Waals surface area contributed by atoms with Crippen LogP contribution in [-0.4, -0.2) is 24.9 Å². The maximum absolute atomic E-state index is 6.41. The molecule has 0 spiro atoms. The zero-order chi connectivity index (χ0) is 20.7. The monoisotopic (exact) mass is 420 g/mol. The molecule has 2 aliphatic rings. The van der Waals surface area contributed by atoms with E-state index in [9.17, 15) is 0 Å². The number of rotatable bonds is 4. The van der Waals surface area contributed by atoms with Gasteiger partial charge in [-0.15, -0.1) is 0 Å². The molecule has 0 N–H and O–H groups in total. The fourth-order valence-electron chi connectivity index (χ4n) is 4.09. The number of fused-ring (bicyclic) bond motifs is 3. The number of para-hydroxylation sites is 1. The zero-order valence-electron chi connectivity index (χ0n) is 16.7. The molecule has 0 fully saturated rings. The molecule has 2 aliphatic heterocycles. The predicted octanol–water partition coefficient (Wildman–Crippen LogP) is 5.60. The van der Waals surface area contributed by atoms with Crippen LogP contribution in [0.2, 0.25) is 5.02 Å². The van der Waals surface area contributed by atoms with E-state index < -0.39 is 6.23 Å². The molecule has 0 bridgehead atoms. The standard InChI is InChI=1S/C24H21ClN2O3/c1-28-17-10-7-15(8-11-17)20-14-21-19-13-16(25)9-12-23(19)30-24(27(21)26-20)18-5-3-4-6-22(18)29-2/h3-13,21,24H,14H2,1-2H3/t21-,24-/m1/s1. The molecule has 0 aromatic heterocycles. The second kappa shape index (κ2) is 7.58. The fourth-order valence-corrected chi connectivity index (χ4v) is 4.27. The van der Waals surface area contributed by atoms with Gasteiger partial charge in [0.1, 0.15) is 17.2 Å². The van der Waals surface area contributed by atoms with E-state index in [2.05, 4.69) is 0 Å². The molecule has 0 unspecified atom stereocenters. The fraction of sp³-hybridized carbons (Fsp3) is 0.208. The number of halogens is 1. The van der Waals surface area contributed by atoms with Crippen LogP contribution in [0.5, 0.6) is 17.2 Å². The van der Waals surface area contributed by atoms with Crippen LogP contribution in [0.3, 0.4) is 0 Å². The Labute approximate surface area is 180 Å². The molecular weight excluding hydrogens is 400 g/mol. The molecule has 5 nitrogen and oxygen atoms in total. The van der Waals surface area contributed by atoms with Crippen molar-refractivity contribution in [1.29, 1.82) is 0 Å². The molecule has 3 aromatic carbocycles. The van der Waals surface area contributed by atoms with Crippen molar-refractivity contribution in [3.05, 3.63) is 88.4 Å². The topological polar surface area (TPSA) is 43.3 Å². The second-order valence-corrected chi connectivity index (χ2v) is 7.71. The number of hydrazone groups is 1. The molecule has 0 saturated heterocycles. The Hall–Kier alpha value is -3.18. The number of hydrogen-bond donors (Lipinski definition) is 0. The summed E-state index contributed by atoms with van der Waals surface area (Å²) in [6.07, 6.45) is 0.366. The van der Waals surface area contributed by atoms with Gasteiger partial charge < -0.3 is 14.2 Å². The minimum absolute atomic E-state index is 0.0273. The Balaban J connectivity index is 1.60. The second-order valence-electron chi connectivity index (χ2n) is 7.27. The number of benzene rings is 3. The van der Waals surface area contributed by atoms with Crippen molar-refractivity contribution in [3.8, 4) is 17.2 Å². The minimum Gasteiger partial charge on any atom is -0.497 e. The third kappa shape index (κ3) is 3.15. The highest BCUT2D eigenvalue weighted by Crippen LogP contribution is 2.49. The summed E-state index contributed by atoms with van der Waals surface area (Å²) in [6, 6.07) is 21.7. The Bertz CT molecular complexity index is 1110. The van der Waals surface area contributed by atoms with E-state index in [0.717, 1.165) is 46.1 Å².